The first-order valence-corrected chi connectivity index (χ1v) is 5.60. The van der Waals surface area contributed by atoms with Crippen molar-refractivity contribution in [2.75, 3.05) is 13.7 Å². The molecule has 0 aromatic heterocycles. The fourth-order valence-electron chi connectivity index (χ4n) is 2.05. The average Bonchev–Trinajstić information content (AvgIpc) is 2.32. The van der Waals surface area contributed by atoms with E-state index in [2.05, 4.69) is 19.2 Å². The standard InChI is InChI=1S/C13H17NO3.ClH/c1-13(2)8-17-12(15)14-11(13)9-5-4-6-10(7-9)16-3;/h4-7,11H,8H2,1-3H3,(H,14,15);1H/t11-;/m0./s1. The zero-order chi connectivity index (χ0) is 12.5. The normalized spacial score (nSPS) is 21.3. The van der Waals surface area contributed by atoms with E-state index >= 15 is 0 Å². The largest absolute Gasteiger partial charge is 0.497 e. The number of methoxy groups -OCH3 is 1. The van der Waals surface area contributed by atoms with Gasteiger partial charge in [-0.05, 0) is 17.7 Å². The van der Waals surface area contributed by atoms with Crippen molar-refractivity contribution in [1.29, 1.82) is 0 Å². The van der Waals surface area contributed by atoms with Gasteiger partial charge in [-0.15, -0.1) is 12.4 Å². The van der Waals surface area contributed by atoms with E-state index in [4.69, 9.17) is 9.47 Å². The lowest BCUT2D eigenvalue weighted by atomic mass is 9.80. The zero-order valence-electron chi connectivity index (χ0n) is 10.7. The van der Waals surface area contributed by atoms with E-state index in [0.717, 1.165) is 11.3 Å². The minimum atomic E-state index is -0.364. The van der Waals surface area contributed by atoms with Crippen molar-refractivity contribution in [3.8, 4) is 5.75 Å². The minimum absolute atomic E-state index is 0. The van der Waals surface area contributed by atoms with Crippen LogP contribution in [0.2, 0.25) is 0 Å². The molecule has 1 aliphatic heterocycles. The van der Waals surface area contributed by atoms with Gasteiger partial charge in [-0.25, -0.2) is 4.79 Å². The summed E-state index contributed by atoms with van der Waals surface area (Å²) >= 11 is 0. The maximum absolute atomic E-state index is 11.3. The molecule has 100 valence electrons. The van der Waals surface area contributed by atoms with Gasteiger partial charge in [0.25, 0.3) is 0 Å². The fourth-order valence-corrected chi connectivity index (χ4v) is 2.05. The summed E-state index contributed by atoms with van der Waals surface area (Å²) in [5.74, 6) is 0.791. The van der Waals surface area contributed by atoms with Crippen LogP contribution in [0.5, 0.6) is 5.75 Å². The number of hydrogen-bond acceptors (Lipinski definition) is 3. The molecule has 1 N–H and O–H groups in total. The van der Waals surface area contributed by atoms with Crippen molar-refractivity contribution >= 4 is 18.5 Å². The molecule has 4 nitrogen and oxygen atoms in total. The van der Waals surface area contributed by atoms with Crippen LogP contribution < -0.4 is 10.1 Å². The number of rotatable bonds is 2. The Morgan fingerprint density at radius 1 is 1.44 bits per heavy atom. The quantitative estimate of drug-likeness (QED) is 0.900. The second-order valence-corrected chi connectivity index (χ2v) is 4.92. The Labute approximate surface area is 113 Å². The lowest BCUT2D eigenvalue weighted by molar-refractivity contribution is 0.0387. The molecule has 0 aliphatic carbocycles. The molecule has 0 bridgehead atoms. The lowest BCUT2D eigenvalue weighted by Crippen LogP contribution is -2.46. The summed E-state index contributed by atoms with van der Waals surface area (Å²) in [6.45, 7) is 4.55. The van der Waals surface area contributed by atoms with Gasteiger partial charge in [0.15, 0.2) is 0 Å². The highest BCUT2D eigenvalue weighted by atomic mass is 35.5. The van der Waals surface area contributed by atoms with Gasteiger partial charge < -0.3 is 14.8 Å². The Morgan fingerprint density at radius 2 is 2.17 bits per heavy atom. The summed E-state index contributed by atoms with van der Waals surface area (Å²) in [5, 5.41) is 2.86. The van der Waals surface area contributed by atoms with Crippen molar-refractivity contribution in [1.82, 2.24) is 5.32 Å². The first-order chi connectivity index (χ1) is 8.03. The number of cyclic esters (lactones) is 1. The third kappa shape index (κ3) is 2.88. The van der Waals surface area contributed by atoms with Gasteiger partial charge in [0.1, 0.15) is 12.4 Å². The Balaban J connectivity index is 0.00000162. The van der Waals surface area contributed by atoms with Crippen molar-refractivity contribution in [3.05, 3.63) is 29.8 Å². The maximum atomic E-state index is 11.3. The summed E-state index contributed by atoms with van der Waals surface area (Å²) in [7, 11) is 1.63. The van der Waals surface area contributed by atoms with Crippen LogP contribution in [0, 0.1) is 5.41 Å². The predicted molar refractivity (Wildman–Crippen MR) is 71.2 cm³/mol. The van der Waals surface area contributed by atoms with E-state index in [1.165, 1.54) is 0 Å². The monoisotopic (exact) mass is 271 g/mol. The van der Waals surface area contributed by atoms with Gasteiger partial charge >= 0.3 is 6.09 Å². The molecule has 1 atom stereocenters. The number of benzene rings is 1. The molecule has 1 aromatic carbocycles. The van der Waals surface area contributed by atoms with Crippen LogP contribution >= 0.6 is 12.4 Å². The lowest BCUT2D eigenvalue weighted by Gasteiger charge is -2.38. The highest BCUT2D eigenvalue weighted by Gasteiger charge is 2.37. The number of ether oxygens (including phenoxy) is 2. The number of alkyl carbamates (subject to hydrolysis) is 1. The molecule has 2 rings (SSSR count). The maximum Gasteiger partial charge on any atom is 0.407 e. The molecule has 1 saturated heterocycles. The van der Waals surface area contributed by atoms with Gasteiger partial charge in [0.2, 0.25) is 0 Å². The van der Waals surface area contributed by atoms with E-state index in [9.17, 15) is 4.79 Å². The molecule has 1 heterocycles. The summed E-state index contributed by atoms with van der Waals surface area (Å²) in [6, 6.07) is 7.68. The van der Waals surface area contributed by atoms with Crippen molar-refractivity contribution in [2.45, 2.75) is 19.9 Å². The molecular formula is C13H18ClNO3. The molecule has 1 aliphatic rings. The number of carbonyl (C=O) groups excluding carboxylic acids is 1. The number of carbonyl (C=O) groups is 1. The second-order valence-electron chi connectivity index (χ2n) is 4.92. The van der Waals surface area contributed by atoms with Crippen LogP contribution in [-0.4, -0.2) is 19.8 Å². The Morgan fingerprint density at radius 3 is 2.83 bits per heavy atom. The van der Waals surface area contributed by atoms with E-state index in [1.807, 2.05) is 24.3 Å². The summed E-state index contributed by atoms with van der Waals surface area (Å²) in [5.41, 5.74) is 0.895. The number of hydrogen-bond donors (Lipinski definition) is 1. The van der Waals surface area contributed by atoms with Gasteiger partial charge in [-0.1, -0.05) is 26.0 Å². The molecule has 18 heavy (non-hydrogen) atoms. The molecule has 0 saturated carbocycles. The van der Waals surface area contributed by atoms with Crippen LogP contribution in [0.3, 0.4) is 0 Å². The highest BCUT2D eigenvalue weighted by Crippen LogP contribution is 2.37. The van der Waals surface area contributed by atoms with E-state index < -0.39 is 0 Å². The smallest absolute Gasteiger partial charge is 0.407 e. The van der Waals surface area contributed by atoms with Crippen LogP contribution in [0.1, 0.15) is 25.5 Å². The van der Waals surface area contributed by atoms with E-state index in [1.54, 1.807) is 7.11 Å². The van der Waals surface area contributed by atoms with E-state index in [0.29, 0.717) is 6.61 Å². The molecular weight excluding hydrogens is 254 g/mol. The minimum Gasteiger partial charge on any atom is -0.497 e. The number of nitrogens with one attached hydrogen (secondary N) is 1. The molecule has 5 heteroatoms. The number of amides is 1. The Bertz CT molecular complexity index is 434. The first-order valence-electron chi connectivity index (χ1n) is 5.60. The number of halogens is 1. The topological polar surface area (TPSA) is 47.6 Å². The summed E-state index contributed by atoms with van der Waals surface area (Å²) in [6.07, 6.45) is -0.364. The van der Waals surface area contributed by atoms with Gasteiger partial charge in [-0.2, -0.15) is 0 Å². The van der Waals surface area contributed by atoms with Crippen LogP contribution in [-0.2, 0) is 4.74 Å². The summed E-state index contributed by atoms with van der Waals surface area (Å²) < 4.78 is 10.2. The predicted octanol–water partition coefficient (Wildman–Crippen LogP) is 2.92. The van der Waals surface area contributed by atoms with Crippen molar-refractivity contribution < 1.29 is 14.3 Å². The van der Waals surface area contributed by atoms with Crippen molar-refractivity contribution in [2.24, 2.45) is 5.41 Å². The van der Waals surface area contributed by atoms with Gasteiger partial charge in [0, 0.05) is 5.41 Å². The molecule has 0 radical (unpaired) electrons. The molecule has 1 amide bonds. The van der Waals surface area contributed by atoms with Crippen LogP contribution in [0.25, 0.3) is 0 Å². The van der Waals surface area contributed by atoms with E-state index in [-0.39, 0.29) is 30.0 Å². The molecule has 1 aromatic rings. The first kappa shape index (κ1) is 14.6. The molecule has 0 unspecified atom stereocenters. The Hall–Kier alpha value is -1.42. The third-order valence-electron chi connectivity index (χ3n) is 3.05. The molecule has 1 fully saturated rings. The highest BCUT2D eigenvalue weighted by molar-refractivity contribution is 5.85. The second kappa shape index (κ2) is 5.48. The Kier molecular flexibility index (Phi) is 4.46. The van der Waals surface area contributed by atoms with Gasteiger partial charge in [-0.3, -0.25) is 0 Å². The van der Waals surface area contributed by atoms with Crippen LogP contribution in [0.15, 0.2) is 24.3 Å². The fraction of sp³-hybridized carbons (Fsp3) is 0.462. The average molecular weight is 272 g/mol. The van der Waals surface area contributed by atoms with Crippen molar-refractivity contribution in [3.63, 3.8) is 0 Å². The SMILES string of the molecule is COc1cccc([C@@H]2NC(=O)OCC2(C)C)c1.Cl. The summed E-state index contributed by atoms with van der Waals surface area (Å²) in [4.78, 5) is 11.3. The molecule has 0 spiro atoms. The van der Waals surface area contributed by atoms with Crippen LogP contribution in [0.4, 0.5) is 4.79 Å². The third-order valence-corrected chi connectivity index (χ3v) is 3.05. The zero-order valence-corrected chi connectivity index (χ0v) is 11.5. The van der Waals surface area contributed by atoms with Gasteiger partial charge in [0.05, 0.1) is 13.2 Å².